The molecular weight excluding hydrogens is 451 g/mol. The summed E-state index contributed by atoms with van der Waals surface area (Å²) in [5, 5.41) is 3.02. The standard InChI is InChI=1S/C23H26BrFN2O3/c1-16(23(29)26-19-7-3-4-8-19)27(14-17-6-2-5-9-21(17)25)22(28)15-30-20-12-10-18(24)11-13-20/h2,5-6,9-13,16,19H,3-4,7-8,14-15H2,1H3,(H,26,29). The zero-order valence-electron chi connectivity index (χ0n) is 16.9. The van der Waals surface area contributed by atoms with Gasteiger partial charge in [-0.1, -0.05) is 47.0 Å². The van der Waals surface area contributed by atoms with Crippen molar-refractivity contribution in [3.63, 3.8) is 0 Å². The average Bonchev–Trinajstić information content (AvgIpc) is 3.25. The van der Waals surface area contributed by atoms with Gasteiger partial charge >= 0.3 is 0 Å². The molecule has 1 fully saturated rings. The fourth-order valence-corrected chi connectivity index (χ4v) is 3.81. The Morgan fingerprint density at radius 2 is 1.83 bits per heavy atom. The van der Waals surface area contributed by atoms with Crippen molar-refractivity contribution in [3.8, 4) is 5.75 Å². The van der Waals surface area contributed by atoms with Crippen molar-refractivity contribution in [1.29, 1.82) is 0 Å². The van der Waals surface area contributed by atoms with Gasteiger partial charge < -0.3 is 15.0 Å². The SMILES string of the molecule is CC(C(=O)NC1CCCC1)N(Cc1ccccc1F)C(=O)COc1ccc(Br)cc1. The van der Waals surface area contributed by atoms with E-state index in [1.165, 1.54) is 11.0 Å². The smallest absolute Gasteiger partial charge is 0.261 e. The summed E-state index contributed by atoms with van der Waals surface area (Å²) in [7, 11) is 0. The maximum atomic E-state index is 14.2. The Morgan fingerprint density at radius 1 is 1.17 bits per heavy atom. The van der Waals surface area contributed by atoms with Crippen LogP contribution in [0.2, 0.25) is 0 Å². The number of carbonyl (C=O) groups excluding carboxylic acids is 2. The Bertz CT molecular complexity index is 869. The quantitative estimate of drug-likeness (QED) is 0.612. The number of amides is 2. The van der Waals surface area contributed by atoms with Crippen LogP contribution in [0.5, 0.6) is 5.75 Å². The number of nitrogens with one attached hydrogen (secondary N) is 1. The van der Waals surface area contributed by atoms with Gasteiger partial charge in [0.25, 0.3) is 5.91 Å². The summed E-state index contributed by atoms with van der Waals surface area (Å²) in [4.78, 5) is 27.1. The highest BCUT2D eigenvalue weighted by Crippen LogP contribution is 2.20. The number of halogens is 2. The molecule has 0 heterocycles. The van der Waals surface area contributed by atoms with Gasteiger partial charge in [0.2, 0.25) is 5.91 Å². The van der Waals surface area contributed by atoms with Crippen molar-refractivity contribution in [3.05, 3.63) is 64.4 Å². The van der Waals surface area contributed by atoms with Crippen LogP contribution >= 0.6 is 15.9 Å². The molecule has 0 radical (unpaired) electrons. The molecule has 2 amide bonds. The van der Waals surface area contributed by atoms with Crippen LogP contribution in [-0.2, 0) is 16.1 Å². The average molecular weight is 477 g/mol. The second kappa shape index (κ2) is 10.6. The van der Waals surface area contributed by atoms with Gasteiger partial charge in [-0.05, 0) is 50.1 Å². The van der Waals surface area contributed by atoms with E-state index in [0.717, 1.165) is 30.2 Å². The minimum absolute atomic E-state index is 0.00550. The predicted molar refractivity (Wildman–Crippen MR) is 116 cm³/mol. The third-order valence-corrected chi connectivity index (χ3v) is 5.87. The van der Waals surface area contributed by atoms with E-state index in [1.807, 2.05) is 12.1 Å². The first-order chi connectivity index (χ1) is 14.4. The minimum atomic E-state index is -0.744. The monoisotopic (exact) mass is 476 g/mol. The molecule has 3 rings (SSSR count). The highest BCUT2D eigenvalue weighted by atomic mass is 79.9. The van der Waals surface area contributed by atoms with E-state index in [1.54, 1.807) is 37.3 Å². The van der Waals surface area contributed by atoms with Crippen LogP contribution < -0.4 is 10.1 Å². The summed E-state index contributed by atoms with van der Waals surface area (Å²) in [5.74, 6) is -0.474. The Morgan fingerprint density at radius 3 is 2.50 bits per heavy atom. The lowest BCUT2D eigenvalue weighted by molar-refractivity contribution is -0.142. The van der Waals surface area contributed by atoms with Gasteiger partial charge in [0.1, 0.15) is 17.6 Å². The zero-order valence-corrected chi connectivity index (χ0v) is 18.5. The molecule has 2 aromatic carbocycles. The van der Waals surface area contributed by atoms with Gasteiger partial charge in [0.05, 0.1) is 0 Å². The van der Waals surface area contributed by atoms with Crippen LogP contribution in [0.3, 0.4) is 0 Å². The molecule has 0 aromatic heterocycles. The fourth-order valence-electron chi connectivity index (χ4n) is 3.54. The lowest BCUT2D eigenvalue weighted by atomic mass is 10.1. The first-order valence-electron chi connectivity index (χ1n) is 10.2. The zero-order chi connectivity index (χ0) is 21.5. The number of ether oxygens (including phenoxy) is 1. The third-order valence-electron chi connectivity index (χ3n) is 5.34. The fraction of sp³-hybridized carbons (Fsp3) is 0.391. The molecule has 2 aromatic rings. The molecule has 1 atom stereocenters. The topological polar surface area (TPSA) is 58.6 Å². The van der Waals surface area contributed by atoms with Gasteiger partial charge in [-0.2, -0.15) is 0 Å². The summed E-state index contributed by atoms with van der Waals surface area (Å²) in [6, 6.07) is 12.8. The number of carbonyl (C=O) groups is 2. The van der Waals surface area contributed by atoms with Crippen molar-refractivity contribution in [1.82, 2.24) is 10.2 Å². The van der Waals surface area contributed by atoms with Crippen LogP contribution in [0.25, 0.3) is 0 Å². The highest BCUT2D eigenvalue weighted by Gasteiger charge is 2.29. The lowest BCUT2D eigenvalue weighted by Crippen LogP contribution is -2.50. The minimum Gasteiger partial charge on any atom is -0.484 e. The number of hydrogen-bond acceptors (Lipinski definition) is 3. The molecule has 0 saturated heterocycles. The molecule has 30 heavy (non-hydrogen) atoms. The maximum Gasteiger partial charge on any atom is 0.261 e. The van der Waals surface area contributed by atoms with E-state index >= 15 is 0 Å². The van der Waals surface area contributed by atoms with Crippen LogP contribution in [0, 0.1) is 5.82 Å². The van der Waals surface area contributed by atoms with Crippen LogP contribution in [0.1, 0.15) is 38.2 Å². The second-order valence-corrected chi connectivity index (χ2v) is 8.44. The van der Waals surface area contributed by atoms with Crippen molar-refractivity contribution >= 4 is 27.7 Å². The van der Waals surface area contributed by atoms with Gasteiger partial charge in [-0.3, -0.25) is 9.59 Å². The number of hydrogen-bond donors (Lipinski definition) is 1. The predicted octanol–water partition coefficient (Wildman–Crippen LogP) is 4.44. The molecule has 0 spiro atoms. The summed E-state index contributed by atoms with van der Waals surface area (Å²) in [5.41, 5.74) is 0.356. The van der Waals surface area contributed by atoms with E-state index in [2.05, 4.69) is 21.2 Å². The molecule has 1 saturated carbocycles. The van der Waals surface area contributed by atoms with Gasteiger partial charge in [0, 0.05) is 22.6 Å². The summed E-state index contributed by atoms with van der Waals surface area (Å²) >= 11 is 3.35. The molecule has 7 heteroatoms. The summed E-state index contributed by atoms with van der Waals surface area (Å²) < 4.78 is 20.7. The Labute approximate surface area is 184 Å². The molecule has 5 nitrogen and oxygen atoms in total. The first-order valence-corrected chi connectivity index (χ1v) is 10.9. The second-order valence-electron chi connectivity index (χ2n) is 7.52. The molecule has 1 aliphatic carbocycles. The van der Waals surface area contributed by atoms with Crippen molar-refractivity contribution < 1.29 is 18.7 Å². The highest BCUT2D eigenvalue weighted by molar-refractivity contribution is 9.10. The van der Waals surface area contributed by atoms with Crippen molar-refractivity contribution in [2.75, 3.05) is 6.61 Å². The van der Waals surface area contributed by atoms with Gasteiger partial charge in [-0.15, -0.1) is 0 Å². The molecule has 1 N–H and O–H groups in total. The van der Waals surface area contributed by atoms with Crippen molar-refractivity contribution in [2.45, 2.75) is 51.2 Å². The number of rotatable bonds is 8. The number of benzene rings is 2. The molecule has 0 bridgehead atoms. The molecular formula is C23H26BrFN2O3. The van der Waals surface area contributed by atoms with Gasteiger partial charge in [0.15, 0.2) is 6.61 Å². The van der Waals surface area contributed by atoms with Crippen LogP contribution in [-0.4, -0.2) is 35.4 Å². The Kier molecular flexibility index (Phi) is 7.85. The van der Waals surface area contributed by atoms with E-state index in [4.69, 9.17) is 4.74 Å². The molecule has 1 aliphatic rings. The van der Waals surface area contributed by atoms with Gasteiger partial charge in [-0.25, -0.2) is 4.39 Å². The first kappa shape index (κ1) is 22.3. The maximum absolute atomic E-state index is 14.2. The lowest BCUT2D eigenvalue weighted by Gasteiger charge is -2.29. The largest absolute Gasteiger partial charge is 0.484 e. The summed E-state index contributed by atoms with van der Waals surface area (Å²) in [6.07, 6.45) is 4.09. The van der Waals surface area contributed by atoms with Crippen LogP contribution in [0.15, 0.2) is 53.0 Å². The van der Waals surface area contributed by atoms with E-state index in [0.29, 0.717) is 11.3 Å². The van der Waals surface area contributed by atoms with E-state index in [9.17, 15) is 14.0 Å². The third kappa shape index (κ3) is 6.05. The molecule has 1 unspecified atom stereocenters. The molecule has 160 valence electrons. The molecule has 0 aliphatic heterocycles. The Hall–Kier alpha value is -2.41. The normalized spacial score (nSPS) is 14.9. The van der Waals surface area contributed by atoms with Crippen LogP contribution in [0.4, 0.5) is 4.39 Å². The Balaban J connectivity index is 1.71. The van der Waals surface area contributed by atoms with E-state index < -0.39 is 11.9 Å². The van der Waals surface area contributed by atoms with Crippen molar-refractivity contribution in [2.24, 2.45) is 0 Å². The number of nitrogens with zero attached hydrogens (tertiary/aromatic N) is 1. The van der Waals surface area contributed by atoms with E-state index in [-0.39, 0.29) is 31.0 Å². The summed E-state index contributed by atoms with van der Waals surface area (Å²) in [6.45, 7) is 1.42.